The lowest BCUT2D eigenvalue weighted by atomic mass is 9.79. The van der Waals surface area contributed by atoms with Gasteiger partial charge >= 0.3 is 0 Å². The van der Waals surface area contributed by atoms with Crippen LogP contribution in [0.4, 0.5) is 5.95 Å². The van der Waals surface area contributed by atoms with Crippen LogP contribution in [-0.2, 0) is 9.53 Å². The van der Waals surface area contributed by atoms with Crippen molar-refractivity contribution in [3.05, 3.63) is 18.5 Å². The predicted octanol–water partition coefficient (Wildman–Crippen LogP) is 1.72. The highest BCUT2D eigenvalue weighted by Gasteiger charge is 2.44. The maximum absolute atomic E-state index is 12.8. The fourth-order valence-electron chi connectivity index (χ4n) is 4.49. The third kappa shape index (κ3) is 3.11. The Morgan fingerprint density at radius 2 is 1.92 bits per heavy atom. The van der Waals surface area contributed by atoms with Crippen molar-refractivity contribution in [1.29, 1.82) is 0 Å². The highest BCUT2D eigenvalue weighted by Crippen LogP contribution is 2.40. The maximum Gasteiger partial charge on any atom is 0.225 e. The van der Waals surface area contributed by atoms with E-state index in [1.165, 1.54) is 6.42 Å². The second kappa shape index (κ2) is 6.67. The molecule has 130 valence electrons. The summed E-state index contributed by atoms with van der Waals surface area (Å²) in [6.07, 6.45) is 8.83. The van der Waals surface area contributed by atoms with Crippen molar-refractivity contribution in [2.45, 2.75) is 32.1 Å². The molecule has 6 nitrogen and oxygen atoms in total. The van der Waals surface area contributed by atoms with Crippen LogP contribution in [0.15, 0.2) is 18.5 Å². The molecule has 4 rings (SSSR count). The molecule has 24 heavy (non-hydrogen) atoms. The molecule has 0 aliphatic carbocycles. The summed E-state index contributed by atoms with van der Waals surface area (Å²) in [5.74, 6) is 1.35. The van der Waals surface area contributed by atoms with E-state index in [0.29, 0.717) is 5.91 Å². The van der Waals surface area contributed by atoms with E-state index in [1.807, 2.05) is 6.07 Å². The largest absolute Gasteiger partial charge is 0.381 e. The van der Waals surface area contributed by atoms with E-state index >= 15 is 0 Å². The average Bonchev–Trinajstić information content (AvgIpc) is 3.06. The molecule has 0 saturated carbocycles. The first-order chi connectivity index (χ1) is 11.8. The first-order valence-electron chi connectivity index (χ1n) is 9.14. The van der Waals surface area contributed by atoms with E-state index in [4.69, 9.17) is 4.74 Å². The third-order valence-electron chi connectivity index (χ3n) is 5.82. The van der Waals surface area contributed by atoms with E-state index in [9.17, 15) is 4.79 Å². The number of aromatic nitrogens is 2. The van der Waals surface area contributed by atoms with Crippen LogP contribution in [0.1, 0.15) is 32.1 Å². The van der Waals surface area contributed by atoms with Gasteiger partial charge in [0.15, 0.2) is 0 Å². The Morgan fingerprint density at radius 1 is 1.12 bits per heavy atom. The van der Waals surface area contributed by atoms with Gasteiger partial charge in [0.1, 0.15) is 0 Å². The molecule has 0 N–H and O–H groups in total. The summed E-state index contributed by atoms with van der Waals surface area (Å²) in [7, 11) is 0. The van der Waals surface area contributed by atoms with Gasteiger partial charge in [0.25, 0.3) is 0 Å². The lowest BCUT2D eigenvalue weighted by Gasteiger charge is -2.40. The number of rotatable bonds is 2. The van der Waals surface area contributed by atoms with E-state index in [1.54, 1.807) is 12.4 Å². The number of nitrogens with zero attached hydrogens (tertiary/aromatic N) is 4. The third-order valence-corrected chi connectivity index (χ3v) is 5.82. The van der Waals surface area contributed by atoms with Crippen LogP contribution in [0.25, 0.3) is 0 Å². The molecule has 0 aromatic carbocycles. The normalized spacial score (nSPS) is 28.5. The minimum atomic E-state index is 0.172. The molecular formula is C18H26N4O2. The summed E-state index contributed by atoms with van der Waals surface area (Å²) in [5.41, 5.74) is 0.221. The van der Waals surface area contributed by atoms with E-state index in [0.717, 1.165) is 71.0 Å². The number of piperidine rings is 1. The molecule has 1 spiro atoms. The van der Waals surface area contributed by atoms with Crippen molar-refractivity contribution >= 4 is 11.9 Å². The molecule has 1 atom stereocenters. The predicted molar refractivity (Wildman–Crippen MR) is 90.7 cm³/mol. The second-order valence-electron chi connectivity index (χ2n) is 7.47. The number of hydrogen-bond donors (Lipinski definition) is 0. The molecule has 3 saturated heterocycles. The van der Waals surface area contributed by atoms with Crippen LogP contribution in [-0.4, -0.2) is 60.2 Å². The second-order valence-corrected chi connectivity index (χ2v) is 7.47. The molecule has 3 fully saturated rings. The van der Waals surface area contributed by atoms with Gasteiger partial charge in [-0.3, -0.25) is 4.79 Å². The van der Waals surface area contributed by atoms with Crippen molar-refractivity contribution in [1.82, 2.24) is 14.9 Å². The molecule has 0 radical (unpaired) electrons. The molecule has 1 aromatic rings. The van der Waals surface area contributed by atoms with Gasteiger partial charge in [-0.25, -0.2) is 9.97 Å². The van der Waals surface area contributed by atoms with Crippen molar-refractivity contribution in [2.24, 2.45) is 11.3 Å². The van der Waals surface area contributed by atoms with Crippen molar-refractivity contribution in [2.75, 3.05) is 44.3 Å². The lowest BCUT2D eigenvalue weighted by molar-refractivity contribution is -0.137. The number of carbonyl (C=O) groups is 1. The molecule has 3 aliphatic heterocycles. The van der Waals surface area contributed by atoms with E-state index < -0.39 is 0 Å². The standard InChI is InChI=1S/C18H26N4O2/c23-16(15-3-11-24-12-4-15)21-10-6-18(13-21)5-1-9-22(14-18)17-19-7-2-8-20-17/h2,7-8,15H,1,3-6,9-14H2. The SMILES string of the molecule is O=C(C1CCOCC1)N1CCC2(CCCN(c3ncccn3)C2)C1. The molecule has 1 amide bonds. The van der Waals surface area contributed by atoms with Gasteiger partial charge in [-0.15, -0.1) is 0 Å². The van der Waals surface area contributed by atoms with Gasteiger partial charge < -0.3 is 14.5 Å². The van der Waals surface area contributed by atoms with Gasteiger partial charge in [0.2, 0.25) is 11.9 Å². The zero-order valence-electron chi connectivity index (χ0n) is 14.2. The van der Waals surface area contributed by atoms with Crippen LogP contribution < -0.4 is 4.90 Å². The van der Waals surface area contributed by atoms with Gasteiger partial charge in [-0.1, -0.05) is 0 Å². The molecule has 4 heterocycles. The zero-order chi connectivity index (χ0) is 16.4. The molecule has 0 bridgehead atoms. The number of carbonyl (C=O) groups excluding carboxylic acids is 1. The van der Waals surface area contributed by atoms with Crippen LogP contribution in [0.2, 0.25) is 0 Å². The van der Waals surface area contributed by atoms with Gasteiger partial charge in [-0.05, 0) is 38.2 Å². The van der Waals surface area contributed by atoms with Crippen LogP contribution in [0, 0.1) is 11.3 Å². The summed E-state index contributed by atoms with van der Waals surface area (Å²) in [6.45, 7) is 5.24. The molecular weight excluding hydrogens is 304 g/mol. The first kappa shape index (κ1) is 15.8. The fraction of sp³-hybridized carbons (Fsp3) is 0.722. The summed E-state index contributed by atoms with van der Waals surface area (Å²) in [4.78, 5) is 26.0. The Morgan fingerprint density at radius 3 is 2.71 bits per heavy atom. The van der Waals surface area contributed by atoms with Crippen molar-refractivity contribution in [3.8, 4) is 0 Å². The van der Waals surface area contributed by atoms with Crippen LogP contribution in [0.5, 0.6) is 0 Å². The van der Waals surface area contributed by atoms with Gasteiger partial charge in [0.05, 0.1) is 0 Å². The lowest BCUT2D eigenvalue weighted by Crippen LogP contribution is -2.46. The highest BCUT2D eigenvalue weighted by atomic mass is 16.5. The quantitative estimate of drug-likeness (QED) is 0.826. The number of anilines is 1. The molecule has 3 aliphatic rings. The number of likely N-dealkylation sites (tertiary alicyclic amines) is 1. The fourth-order valence-corrected chi connectivity index (χ4v) is 4.49. The Kier molecular flexibility index (Phi) is 4.39. The monoisotopic (exact) mass is 330 g/mol. The number of ether oxygens (including phenoxy) is 1. The van der Waals surface area contributed by atoms with E-state index in [-0.39, 0.29) is 11.3 Å². The van der Waals surface area contributed by atoms with Gasteiger partial charge in [0, 0.05) is 63.1 Å². The summed E-state index contributed by atoms with van der Waals surface area (Å²) >= 11 is 0. The summed E-state index contributed by atoms with van der Waals surface area (Å²) in [5, 5.41) is 0. The molecule has 1 unspecified atom stereocenters. The topological polar surface area (TPSA) is 58.6 Å². The number of hydrogen-bond acceptors (Lipinski definition) is 5. The Bertz CT molecular complexity index is 576. The minimum absolute atomic E-state index is 0.172. The molecule has 6 heteroatoms. The van der Waals surface area contributed by atoms with Crippen molar-refractivity contribution in [3.63, 3.8) is 0 Å². The van der Waals surface area contributed by atoms with Crippen molar-refractivity contribution < 1.29 is 9.53 Å². The maximum atomic E-state index is 12.8. The van der Waals surface area contributed by atoms with E-state index in [2.05, 4.69) is 19.8 Å². The highest BCUT2D eigenvalue weighted by molar-refractivity contribution is 5.79. The Hall–Kier alpha value is -1.69. The summed E-state index contributed by atoms with van der Waals surface area (Å²) in [6, 6.07) is 1.85. The first-order valence-corrected chi connectivity index (χ1v) is 9.14. The average molecular weight is 330 g/mol. The van der Waals surface area contributed by atoms with Gasteiger partial charge in [-0.2, -0.15) is 0 Å². The Balaban J connectivity index is 1.42. The van der Waals surface area contributed by atoms with Crippen LogP contribution >= 0.6 is 0 Å². The smallest absolute Gasteiger partial charge is 0.225 e. The number of amides is 1. The zero-order valence-corrected chi connectivity index (χ0v) is 14.2. The Labute approximate surface area is 143 Å². The minimum Gasteiger partial charge on any atom is -0.381 e. The summed E-state index contributed by atoms with van der Waals surface area (Å²) < 4.78 is 5.39. The molecule has 1 aromatic heterocycles. The van der Waals surface area contributed by atoms with Crippen LogP contribution in [0.3, 0.4) is 0 Å².